The minimum atomic E-state index is 0.145. The predicted octanol–water partition coefficient (Wildman–Crippen LogP) is 3.80. The summed E-state index contributed by atoms with van der Waals surface area (Å²) in [6.07, 6.45) is 2.97. The van der Waals surface area contributed by atoms with Crippen molar-refractivity contribution >= 4 is 5.78 Å². The molecule has 1 heterocycles. The van der Waals surface area contributed by atoms with Gasteiger partial charge in [0.15, 0.2) is 5.78 Å². The summed E-state index contributed by atoms with van der Waals surface area (Å²) in [6.45, 7) is 0. The zero-order valence-electron chi connectivity index (χ0n) is 14.8. The molecular formula is C21H20N2O3. The molecule has 0 N–H and O–H groups in total. The molecule has 2 aromatic carbocycles. The first kappa shape index (κ1) is 16.4. The third-order valence-corrected chi connectivity index (χ3v) is 4.95. The van der Waals surface area contributed by atoms with E-state index in [0.717, 1.165) is 40.4 Å². The van der Waals surface area contributed by atoms with Gasteiger partial charge in [-0.05, 0) is 54.3 Å². The number of hydrogen-bond acceptors (Lipinski definition) is 4. The van der Waals surface area contributed by atoms with Gasteiger partial charge >= 0.3 is 0 Å². The number of aromatic nitrogens is 2. The van der Waals surface area contributed by atoms with Crippen LogP contribution in [-0.2, 0) is 6.42 Å². The molecule has 0 saturated carbocycles. The topological polar surface area (TPSA) is 53.3 Å². The third kappa shape index (κ3) is 2.86. The van der Waals surface area contributed by atoms with Gasteiger partial charge in [-0.2, -0.15) is 5.10 Å². The minimum absolute atomic E-state index is 0.145. The number of Topliss-reactive ketones (excluding diaryl/α,β-unsaturated/α-hetero) is 1. The molecule has 0 saturated heterocycles. The van der Waals surface area contributed by atoms with Crippen molar-refractivity contribution in [3.05, 3.63) is 71.5 Å². The quantitative estimate of drug-likeness (QED) is 0.720. The minimum Gasteiger partial charge on any atom is -0.497 e. The lowest BCUT2D eigenvalue weighted by Gasteiger charge is -2.23. The van der Waals surface area contributed by atoms with Crippen LogP contribution in [0.15, 0.2) is 54.7 Å². The number of benzene rings is 2. The summed E-state index contributed by atoms with van der Waals surface area (Å²) in [4.78, 5) is 12.6. The van der Waals surface area contributed by atoms with Crippen molar-refractivity contribution in [2.45, 2.75) is 18.8 Å². The van der Waals surface area contributed by atoms with E-state index in [1.165, 1.54) is 0 Å². The molecule has 26 heavy (non-hydrogen) atoms. The Bertz CT molecular complexity index is 927. The molecular weight excluding hydrogens is 328 g/mol. The molecule has 0 aliphatic heterocycles. The van der Waals surface area contributed by atoms with E-state index < -0.39 is 0 Å². The monoisotopic (exact) mass is 348 g/mol. The largest absolute Gasteiger partial charge is 0.497 e. The average Bonchev–Trinajstić information content (AvgIpc) is 3.13. The van der Waals surface area contributed by atoms with Gasteiger partial charge in [-0.3, -0.25) is 4.79 Å². The van der Waals surface area contributed by atoms with Gasteiger partial charge in [-0.15, -0.1) is 0 Å². The Morgan fingerprint density at radius 1 is 0.923 bits per heavy atom. The molecule has 1 aliphatic rings. The van der Waals surface area contributed by atoms with E-state index in [4.69, 9.17) is 9.47 Å². The van der Waals surface area contributed by atoms with E-state index >= 15 is 0 Å². The molecule has 1 aliphatic carbocycles. The fourth-order valence-corrected chi connectivity index (χ4v) is 3.50. The van der Waals surface area contributed by atoms with Crippen LogP contribution < -0.4 is 9.47 Å². The fraction of sp³-hybridized carbons (Fsp3) is 0.238. The molecule has 3 aromatic rings. The van der Waals surface area contributed by atoms with Crippen molar-refractivity contribution in [3.8, 4) is 17.2 Å². The highest BCUT2D eigenvalue weighted by Crippen LogP contribution is 2.34. The SMILES string of the molecule is COc1ccc(C2CC(=O)c3cnn(-c4ccc(OC)cc4)c3C2)cc1. The van der Waals surface area contributed by atoms with Crippen LogP contribution in [0.5, 0.6) is 11.5 Å². The first-order valence-corrected chi connectivity index (χ1v) is 8.58. The second-order valence-electron chi connectivity index (χ2n) is 6.42. The van der Waals surface area contributed by atoms with Gasteiger partial charge in [0, 0.05) is 6.42 Å². The number of nitrogens with zero attached hydrogens (tertiary/aromatic N) is 2. The molecule has 5 nitrogen and oxygen atoms in total. The summed E-state index contributed by atoms with van der Waals surface area (Å²) >= 11 is 0. The summed E-state index contributed by atoms with van der Waals surface area (Å²) in [5.74, 6) is 1.91. The number of ether oxygens (including phenoxy) is 2. The second-order valence-corrected chi connectivity index (χ2v) is 6.42. The van der Waals surface area contributed by atoms with Gasteiger partial charge in [0.1, 0.15) is 11.5 Å². The van der Waals surface area contributed by atoms with Crippen LogP contribution in [0.1, 0.15) is 34.0 Å². The van der Waals surface area contributed by atoms with Gasteiger partial charge in [-0.25, -0.2) is 4.68 Å². The highest BCUT2D eigenvalue weighted by atomic mass is 16.5. The van der Waals surface area contributed by atoms with Crippen LogP contribution in [0.2, 0.25) is 0 Å². The molecule has 4 rings (SSSR count). The smallest absolute Gasteiger partial charge is 0.166 e. The van der Waals surface area contributed by atoms with E-state index in [1.807, 2.05) is 53.2 Å². The van der Waals surface area contributed by atoms with Gasteiger partial charge in [0.2, 0.25) is 0 Å². The molecule has 0 bridgehead atoms. The Hall–Kier alpha value is -3.08. The summed E-state index contributed by atoms with van der Waals surface area (Å²) in [7, 11) is 3.29. The first-order chi connectivity index (χ1) is 12.7. The number of hydrogen-bond donors (Lipinski definition) is 0. The Morgan fingerprint density at radius 3 is 2.15 bits per heavy atom. The van der Waals surface area contributed by atoms with Crippen LogP contribution in [-0.4, -0.2) is 29.8 Å². The van der Waals surface area contributed by atoms with Crippen LogP contribution in [0.3, 0.4) is 0 Å². The predicted molar refractivity (Wildman–Crippen MR) is 98.5 cm³/mol. The Kier molecular flexibility index (Phi) is 4.21. The lowest BCUT2D eigenvalue weighted by molar-refractivity contribution is 0.0963. The van der Waals surface area contributed by atoms with Gasteiger partial charge < -0.3 is 9.47 Å². The molecule has 1 unspecified atom stereocenters. The molecule has 0 radical (unpaired) electrons. The van der Waals surface area contributed by atoms with E-state index in [2.05, 4.69) is 5.10 Å². The molecule has 5 heteroatoms. The lowest BCUT2D eigenvalue weighted by Crippen LogP contribution is -2.20. The highest BCUT2D eigenvalue weighted by molar-refractivity contribution is 5.98. The number of carbonyl (C=O) groups is 1. The second kappa shape index (κ2) is 6.67. The molecule has 0 amide bonds. The number of carbonyl (C=O) groups excluding carboxylic acids is 1. The maximum absolute atomic E-state index is 12.6. The van der Waals surface area contributed by atoms with E-state index in [-0.39, 0.29) is 11.7 Å². The third-order valence-electron chi connectivity index (χ3n) is 4.95. The van der Waals surface area contributed by atoms with Crippen molar-refractivity contribution in [1.29, 1.82) is 0 Å². The first-order valence-electron chi connectivity index (χ1n) is 8.58. The van der Waals surface area contributed by atoms with E-state index in [1.54, 1.807) is 20.4 Å². The van der Waals surface area contributed by atoms with Gasteiger partial charge in [0.25, 0.3) is 0 Å². The van der Waals surface area contributed by atoms with Gasteiger partial charge in [0.05, 0.1) is 37.4 Å². The standard InChI is InChI=1S/C21H20N2O3/c1-25-17-7-3-14(4-8-17)15-11-20-19(21(24)12-15)13-22-23(20)16-5-9-18(26-2)10-6-16/h3-10,13,15H,11-12H2,1-2H3. The maximum atomic E-state index is 12.6. The zero-order chi connectivity index (χ0) is 18.1. The number of fused-ring (bicyclic) bond motifs is 1. The summed E-state index contributed by atoms with van der Waals surface area (Å²) < 4.78 is 12.3. The van der Waals surface area contributed by atoms with Crippen LogP contribution >= 0.6 is 0 Å². The van der Waals surface area contributed by atoms with Gasteiger partial charge in [-0.1, -0.05) is 12.1 Å². The molecule has 1 aromatic heterocycles. The Labute approximate surface area is 152 Å². The van der Waals surface area contributed by atoms with E-state index in [0.29, 0.717) is 6.42 Å². The van der Waals surface area contributed by atoms with Crippen LogP contribution in [0, 0.1) is 0 Å². The number of rotatable bonds is 4. The summed E-state index contributed by atoms with van der Waals surface area (Å²) in [5, 5.41) is 4.46. The summed E-state index contributed by atoms with van der Waals surface area (Å²) in [6, 6.07) is 15.7. The molecule has 132 valence electrons. The Balaban J connectivity index is 1.68. The molecule has 1 atom stereocenters. The van der Waals surface area contributed by atoms with Crippen molar-refractivity contribution in [3.63, 3.8) is 0 Å². The number of ketones is 1. The van der Waals surface area contributed by atoms with Crippen molar-refractivity contribution in [2.75, 3.05) is 14.2 Å². The average molecular weight is 348 g/mol. The number of methoxy groups -OCH3 is 2. The maximum Gasteiger partial charge on any atom is 0.166 e. The summed E-state index contributed by atoms with van der Waals surface area (Å²) in [5.41, 5.74) is 3.76. The Morgan fingerprint density at radius 2 is 1.54 bits per heavy atom. The normalized spacial score (nSPS) is 16.2. The highest BCUT2D eigenvalue weighted by Gasteiger charge is 2.30. The van der Waals surface area contributed by atoms with Crippen LogP contribution in [0.25, 0.3) is 5.69 Å². The molecule has 0 spiro atoms. The lowest BCUT2D eigenvalue weighted by atomic mass is 9.82. The van der Waals surface area contributed by atoms with Crippen molar-refractivity contribution in [1.82, 2.24) is 9.78 Å². The zero-order valence-corrected chi connectivity index (χ0v) is 14.8. The molecule has 0 fully saturated rings. The van der Waals surface area contributed by atoms with Crippen LogP contribution in [0.4, 0.5) is 0 Å². The fourth-order valence-electron chi connectivity index (χ4n) is 3.50. The van der Waals surface area contributed by atoms with Crippen molar-refractivity contribution in [2.24, 2.45) is 0 Å². The van der Waals surface area contributed by atoms with Crippen molar-refractivity contribution < 1.29 is 14.3 Å². The van der Waals surface area contributed by atoms with E-state index in [9.17, 15) is 4.79 Å².